The van der Waals surface area contributed by atoms with E-state index in [1.165, 1.54) is 23.1 Å². The molecule has 2 aromatic rings. The number of hydrogen-bond donors (Lipinski definition) is 1. The van der Waals surface area contributed by atoms with E-state index in [-0.39, 0.29) is 23.7 Å². The first-order chi connectivity index (χ1) is 13.4. The van der Waals surface area contributed by atoms with E-state index in [0.717, 1.165) is 48.2 Å². The molecule has 150 valence electrons. The molecule has 0 aliphatic heterocycles. The van der Waals surface area contributed by atoms with Crippen LogP contribution >= 0.6 is 11.3 Å². The Morgan fingerprint density at radius 1 is 1.29 bits per heavy atom. The molecule has 1 aliphatic carbocycles. The summed E-state index contributed by atoms with van der Waals surface area (Å²) in [4.78, 5) is 41.6. The number of esters is 1. The molecule has 1 amide bonds. The van der Waals surface area contributed by atoms with Crippen LogP contribution in [-0.4, -0.2) is 33.8 Å². The quantitative estimate of drug-likeness (QED) is 0.607. The average Bonchev–Trinajstić information content (AvgIpc) is 2.94. The predicted molar refractivity (Wildman–Crippen MR) is 106 cm³/mol. The van der Waals surface area contributed by atoms with Gasteiger partial charge >= 0.3 is 5.97 Å². The number of thiazole rings is 1. The Bertz CT molecular complexity index is 948. The predicted octanol–water partition coefficient (Wildman–Crippen LogP) is 2.52. The molecule has 0 fully saturated rings. The molecule has 0 spiro atoms. The topological polar surface area (TPSA) is 103 Å². The highest BCUT2D eigenvalue weighted by Gasteiger charge is 2.22. The number of carbonyl (C=O) groups excluding carboxylic acids is 2. The normalized spacial score (nSPS) is 13.7. The number of aromatic nitrogens is 3. The van der Waals surface area contributed by atoms with Crippen molar-refractivity contribution in [1.82, 2.24) is 14.8 Å². The number of nitrogens with one attached hydrogen (secondary N) is 1. The number of fused-ring (bicyclic) bond motifs is 1. The monoisotopic (exact) mass is 404 g/mol. The Kier molecular flexibility index (Phi) is 6.23. The van der Waals surface area contributed by atoms with Crippen LogP contribution in [-0.2, 0) is 28.9 Å². The number of amides is 1. The molecule has 0 radical (unpaired) electrons. The van der Waals surface area contributed by atoms with E-state index in [1.54, 1.807) is 6.07 Å². The van der Waals surface area contributed by atoms with E-state index < -0.39 is 11.9 Å². The number of anilines is 1. The number of aryl methyl sites for hydroxylation is 2. The summed E-state index contributed by atoms with van der Waals surface area (Å²) in [5.74, 6) is -0.890. The lowest BCUT2D eigenvalue weighted by molar-refractivity contribution is -0.117. The molecule has 0 atom stereocenters. The fourth-order valence-electron chi connectivity index (χ4n) is 3.21. The molecule has 0 unspecified atom stereocenters. The van der Waals surface area contributed by atoms with Crippen LogP contribution in [0.4, 0.5) is 5.13 Å². The van der Waals surface area contributed by atoms with Crippen molar-refractivity contribution in [3.8, 4) is 0 Å². The average molecular weight is 404 g/mol. The van der Waals surface area contributed by atoms with Crippen LogP contribution < -0.4 is 10.9 Å². The van der Waals surface area contributed by atoms with E-state index in [9.17, 15) is 14.4 Å². The lowest BCUT2D eigenvalue weighted by Crippen LogP contribution is -2.30. The molecule has 8 nitrogen and oxygen atoms in total. The number of nitrogens with zero attached hydrogens (tertiary/aromatic N) is 3. The van der Waals surface area contributed by atoms with Crippen LogP contribution in [0.5, 0.6) is 0 Å². The van der Waals surface area contributed by atoms with Gasteiger partial charge in [-0.2, -0.15) is 5.10 Å². The van der Waals surface area contributed by atoms with Crippen molar-refractivity contribution in [3.05, 3.63) is 38.2 Å². The minimum atomic E-state index is -0.538. The van der Waals surface area contributed by atoms with Gasteiger partial charge in [-0.25, -0.2) is 14.5 Å². The fraction of sp³-hybridized carbons (Fsp3) is 0.526. The maximum atomic E-state index is 12.4. The Morgan fingerprint density at radius 2 is 2.04 bits per heavy atom. The first kappa shape index (κ1) is 20.2. The van der Waals surface area contributed by atoms with Crippen LogP contribution in [0.2, 0.25) is 0 Å². The Hall–Kier alpha value is -2.55. The molecule has 2 aromatic heterocycles. The van der Waals surface area contributed by atoms with Gasteiger partial charge in [-0.15, -0.1) is 11.3 Å². The van der Waals surface area contributed by atoms with Gasteiger partial charge in [0.1, 0.15) is 6.54 Å². The highest BCUT2D eigenvalue weighted by Crippen LogP contribution is 2.30. The molecule has 3 rings (SSSR count). The van der Waals surface area contributed by atoms with Gasteiger partial charge in [0.15, 0.2) is 10.8 Å². The van der Waals surface area contributed by atoms with Gasteiger partial charge < -0.3 is 10.1 Å². The Morgan fingerprint density at radius 3 is 2.75 bits per heavy atom. The van der Waals surface area contributed by atoms with Gasteiger partial charge in [0.25, 0.3) is 5.56 Å². The van der Waals surface area contributed by atoms with Crippen LogP contribution in [0.3, 0.4) is 0 Å². The summed E-state index contributed by atoms with van der Waals surface area (Å²) in [6.45, 7) is 3.67. The number of hydrogen-bond acceptors (Lipinski definition) is 7. The van der Waals surface area contributed by atoms with Crippen molar-refractivity contribution >= 4 is 28.3 Å². The smallest absolute Gasteiger partial charge is 0.357 e. The highest BCUT2D eigenvalue weighted by molar-refractivity contribution is 7.16. The second-order valence-electron chi connectivity index (χ2n) is 7.10. The summed E-state index contributed by atoms with van der Waals surface area (Å²) in [6, 6.07) is 1.59. The molecule has 0 saturated heterocycles. The second-order valence-corrected chi connectivity index (χ2v) is 8.13. The number of rotatable bonds is 5. The summed E-state index contributed by atoms with van der Waals surface area (Å²) in [7, 11) is 1.29. The minimum Gasteiger partial charge on any atom is -0.464 e. The SMILES string of the molecule is COC(=O)c1nc(NC(=O)Cn2nc3c(cc2=O)CCCCC3)sc1C(C)C. The Labute approximate surface area is 166 Å². The number of carbonyl (C=O) groups is 2. The Balaban J connectivity index is 1.77. The zero-order valence-electron chi connectivity index (χ0n) is 16.3. The van der Waals surface area contributed by atoms with E-state index in [2.05, 4.69) is 15.4 Å². The van der Waals surface area contributed by atoms with Gasteiger partial charge in [0.05, 0.1) is 12.8 Å². The van der Waals surface area contributed by atoms with Crippen molar-refractivity contribution in [2.45, 2.75) is 58.4 Å². The molecule has 0 saturated carbocycles. The molecule has 28 heavy (non-hydrogen) atoms. The van der Waals surface area contributed by atoms with Crippen molar-refractivity contribution < 1.29 is 14.3 Å². The summed E-state index contributed by atoms with van der Waals surface area (Å²) in [5, 5.41) is 7.37. The molecule has 0 bridgehead atoms. The summed E-state index contributed by atoms with van der Waals surface area (Å²) >= 11 is 1.23. The van der Waals surface area contributed by atoms with Crippen LogP contribution in [0.1, 0.15) is 65.7 Å². The summed E-state index contributed by atoms with van der Waals surface area (Å²) in [6.07, 6.45) is 4.90. The van der Waals surface area contributed by atoms with Crippen molar-refractivity contribution in [2.75, 3.05) is 12.4 Å². The second kappa shape index (κ2) is 8.64. The molecule has 9 heteroatoms. The molecular weight excluding hydrogens is 380 g/mol. The van der Waals surface area contributed by atoms with Gasteiger partial charge in [0, 0.05) is 10.9 Å². The molecular formula is C19H24N4O4S. The third-order valence-corrected chi connectivity index (χ3v) is 5.89. The lowest BCUT2D eigenvalue weighted by atomic mass is 10.1. The van der Waals surface area contributed by atoms with Crippen molar-refractivity contribution in [2.24, 2.45) is 0 Å². The molecule has 1 N–H and O–H groups in total. The summed E-state index contributed by atoms with van der Waals surface area (Å²) < 4.78 is 5.95. The minimum absolute atomic E-state index is 0.0612. The van der Waals surface area contributed by atoms with Gasteiger partial charge in [-0.1, -0.05) is 20.3 Å². The first-order valence-electron chi connectivity index (χ1n) is 9.38. The third kappa shape index (κ3) is 4.46. The maximum Gasteiger partial charge on any atom is 0.357 e. The van der Waals surface area contributed by atoms with Crippen LogP contribution in [0.25, 0.3) is 0 Å². The van der Waals surface area contributed by atoms with Crippen LogP contribution in [0.15, 0.2) is 10.9 Å². The van der Waals surface area contributed by atoms with E-state index >= 15 is 0 Å². The van der Waals surface area contributed by atoms with E-state index in [0.29, 0.717) is 5.13 Å². The van der Waals surface area contributed by atoms with E-state index in [4.69, 9.17) is 4.74 Å². The van der Waals surface area contributed by atoms with Gasteiger partial charge in [-0.05, 0) is 37.2 Å². The fourth-order valence-corrected chi connectivity index (χ4v) is 4.18. The lowest BCUT2D eigenvalue weighted by Gasteiger charge is -2.09. The first-order valence-corrected chi connectivity index (χ1v) is 10.2. The van der Waals surface area contributed by atoms with Gasteiger partial charge in [0.2, 0.25) is 5.91 Å². The number of methoxy groups -OCH3 is 1. The zero-order chi connectivity index (χ0) is 20.3. The zero-order valence-corrected chi connectivity index (χ0v) is 17.1. The largest absolute Gasteiger partial charge is 0.464 e. The molecule has 0 aromatic carbocycles. The molecule has 1 aliphatic rings. The van der Waals surface area contributed by atoms with Crippen LogP contribution in [0, 0.1) is 0 Å². The van der Waals surface area contributed by atoms with Crippen molar-refractivity contribution in [3.63, 3.8) is 0 Å². The third-order valence-electron chi connectivity index (χ3n) is 4.62. The van der Waals surface area contributed by atoms with Crippen molar-refractivity contribution in [1.29, 1.82) is 0 Å². The number of ether oxygens (including phenoxy) is 1. The maximum absolute atomic E-state index is 12.4. The highest BCUT2D eigenvalue weighted by atomic mass is 32.1. The summed E-state index contributed by atoms with van der Waals surface area (Å²) in [5.41, 5.74) is 1.81. The standard InChI is InChI=1S/C19H24N4O4S/c1-11(2)17-16(18(26)27-3)21-19(28-17)20-14(24)10-23-15(25)9-12-7-5-4-6-8-13(12)22-23/h9,11H,4-8,10H2,1-3H3,(H,20,21,24). The molecule has 2 heterocycles. The van der Waals surface area contributed by atoms with E-state index in [1.807, 2.05) is 13.8 Å². The van der Waals surface area contributed by atoms with Gasteiger partial charge in [-0.3, -0.25) is 9.59 Å².